The van der Waals surface area contributed by atoms with Crippen molar-refractivity contribution in [3.05, 3.63) is 82.6 Å². The van der Waals surface area contributed by atoms with Crippen LogP contribution >= 0.6 is 11.3 Å². The highest BCUT2D eigenvalue weighted by Gasteiger charge is 2.29. The van der Waals surface area contributed by atoms with Crippen LogP contribution in [0, 0.1) is 0 Å². The van der Waals surface area contributed by atoms with E-state index in [9.17, 15) is 13.2 Å². The minimum absolute atomic E-state index is 0.0786. The van der Waals surface area contributed by atoms with E-state index in [0.717, 1.165) is 10.4 Å². The molecular weight excluding hydrogens is 470 g/mol. The van der Waals surface area contributed by atoms with E-state index in [1.807, 2.05) is 59.7 Å². The zero-order chi connectivity index (χ0) is 24.0. The number of piperazine rings is 1. The molecule has 0 bridgehead atoms. The molecule has 1 aromatic heterocycles. The molecule has 0 aliphatic carbocycles. The third kappa shape index (κ3) is 5.85. The molecule has 0 spiro atoms. The van der Waals surface area contributed by atoms with Crippen LogP contribution in [-0.2, 0) is 14.8 Å². The van der Waals surface area contributed by atoms with Crippen LogP contribution in [-0.4, -0.2) is 62.9 Å². The molecule has 180 valence electrons. The van der Waals surface area contributed by atoms with Crippen LogP contribution < -0.4 is 10.1 Å². The van der Waals surface area contributed by atoms with Crippen molar-refractivity contribution in [1.29, 1.82) is 0 Å². The molecule has 1 unspecified atom stereocenters. The summed E-state index contributed by atoms with van der Waals surface area (Å²) in [5.74, 6) is 0.568. The summed E-state index contributed by atoms with van der Waals surface area (Å²) in [7, 11) is -3.58. The van der Waals surface area contributed by atoms with Crippen molar-refractivity contribution in [2.75, 3.05) is 39.3 Å². The Labute approximate surface area is 205 Å². The van der Waals surface area contributed by atoms with Crippen molar-refractivity contribution in [2.45, 2.75) is 17.9 Å². The van der Waals surface area contributed by atoms with Gasteiger partial charge in [-0.15, -0.1) is 11.3 Å². The van der Waals surface area contributed by atoms with E-state index in [2.05, 4.69) is 5.32 Å². The summed E-state index contributed by atoms with van der Waals surface area (Å²) < 4.78 is 32.9. The Bertz CT molecular complexity index is 1160. The largest absolute Gasteiger partial charge is 0.494 e. The van der Waals surface area contributed by atoms with E-state index in [0.29, 0.717) is 38.5 Å². The summed E-state index contributed by atoms with van der Waals surface area (Å²) in [6.07, 6.45) is 0. The molecule has 34 heavy (non-hydrogen) atoms. The number of hydrogen-bond donors (Lipinski definition) is 1. The summed E-state index contributed by atoms with van der Waals surface area (Å²) in [5, 5.41) is 5.15. The Kier molecular flexibility index (Phi) is 7.99. The van der Waals surface area contributed by atoms with E-state index < -0.39 is 10.0 Å². The van der Waals surface area contributed by atoms with Crippen molar-refractivity contribution in [3.8, 4) is 5.75 Å². The van der Waals surface area contributed by atoms with Crippen molar-refractivity contribution in [1.82, 2.24) is 14.5 Å². The van der Waals surface area contributed by atoms with Gasteiger partial charge in [0.05, 0.1) is 24.1 Å². The van der Waals surface area contributed by atoms with E-state index >= 15 is 0 Å². The fourth-order valence-electron chi connectivity index (χ4n) is 3.98. The molecule has 0 saturated carbocycles. The third-order valence-corrected chi connectivity index (χ3v) is 8.59. The molecule has 1 amide bonds. The fraction of sp³-hybridized carbons (Fsp3) is 0.320. The third-order valence-electron chi connectivity index (χ3n) is 5.74. The first-order valence-electron chi connectivity index (χ1n) is 11.3. The SMILES string of the molecule is CCOc1ccc(S(=O)(=O)N2CCN(CC(=O)NC(c3ccccc3)c3cccs3)CC2)cc1. The predicted molar refractivity (Wildman–Crippen MR) is 134 cm³/mol. The Morgan fingerprint density at radius 3 is 2.32 bits per heavy atom. The minimum Gasteiger partial charge on any atom is -0.494 e. The first-order chi connectivity index (χ1) is 16.5. The van der Waals surface area contributed by atoms with E-state index in [1.165, 1.54) is 4.31 Å². The number of ether oxygens (including phenoxy) is 1. The fourth-order valence-corrected chi connectivity index (χ4v) is 6.21. The molecule has 1 aliphatic heterocycles. The second kappa shape index (κ2) is 11.1. The maximum Gasteiger partial charge on any atom is 0.243 e. The summed E-state index contributed by atoms with van der Waals surface area (Å²) in [4.78, 5) is 16.2. The molecule has 3 aromatic rings. The Morgan fingerprint density at radius 1 is 1.00 bits per heavy atom. The molecule has 1 fully saturated rings. The van der Waals surface area contributed by atoms with E-state index in [1.54, 1.807) is 35.6 Å². The van der Waals surface area contributed by atoms with Gasteiger partial charge in [-0.05, 0) is 48.2 Å². The molecule has 1 N–H and O–H groups in total. The molecule has 1 saturated heterocycles. The molecule has 4 rings (SSSR count). The maximum absolute atomic E-state index is 13.0. The van der Waals surface area contributed by atoms with Gasteiger partial charge in [0, 0.05) is 31.1 Å². The van der Waals surface area contributed by atoms with Crippen LogP contribution in [0.2, 0.25) is 0 Å². The highest BCUT2D eigenvalue weighted by atomic mass is 32.2. The normalized spacial score (nSPS) is 16.1. The van der Waals surface area contributed by atoms with Gasteiger partial charge in [-0.25, -0.2) is 8.42 Å². The molecular formula is C25H29N3O4S2. The van der Waals surface area contributed by atoms with Crippen molar-refractivity contribution in [2.24, 2.45) is 0 Å². The lowest BCUT2D eigenvalue weighted by molar-refractivity contribution is -0.123. The molecule has 2 heterocycles. The Hall–Kier alpha value is -2.72. The van der Waals surface area contributed by atoms with Gasteiger partial charge in [-0.2, -0.15) is 4.31 Å². The van der Waals surface area contributed by atoms with Gasteiger partial charge >= 0.3 is 0 Å². The molecule has 7 nitrogen and oxygen atoms in total. The number of benzene rings is 2. The Balaban J connectivity index is 1.34. The van der Waals surface area contributed by atoms with Crippen LogP contribution in [0.1, 0.15) is 23.4 Å². The number of rotatable bonds is 9. The average Bonchev–Trinajstić information content (AvgIpc) is 3.39. The number of amides is 1. The minimum atomic E-state index is -3.58. The second-order valence-corrected chi connectivity index (χ2v) is 10.9. The van der Waals surface area contributed by atoms with Crippen LogP contribution in [0.25, 0.3) is 0 Å². The number of nitrogens with one attached hydrogen (secondary N) is 1. The molecule has 2 aromatic carbocycles. The highest BCUT2D eigenvalue weighted by molar-refractivity contribution is 7.89. The van der Waals surface area contributed by atoms with Crippen LogP contribution in [0.3, 0.4) is 0 Å². The van der Waals surface area contributed by atoms with Crippen LogP contribution in [0.15, 0.2) is 77.0 Å². The summed E-state index contributed by atoms with van der Waals surface area (Å²) >= 11 is 1.61. The lowest BCUT2D eigenvalue weighted by atomic mass is 10.1. The van der Waals surface area contributed by atoms with Gasteiger partial charge in [-0.1, -0.05) is 36.4 Å². The quantitative estimate of drug-likeness (QED) is 0.489. The number of sulfonamides is 1. The predicted octanol–water partition coefficient (Wildman–Crippen LogP) is 3.36. The molecule has 1 atom stereocenters. The van der Waals surface area contributed by atoms with Gasteiger partial charge < -0.3 is 10.1 Å². The lowest BCUT2D eigenvalue weighted by Crippen LogP contribution is -2.51. The Morgan fingerprint density at radius 2 is 1.71 bits per heavy atom. The molecule has 0 radical (unpaired) electrons. The summed E-state index contributed by atoms with van der Waals surface area (Å²) in [6.45, 7) is 4.32. The maximum atomic E-state index is 13.0. The van der Waals surface area contributed by atoms with Crippen molar-refractivity contribution in [3.63, 3.8) is 0 Å². The standard InChI is InChI=1S/C25H29N3O4S2/c1-2-32-21-10-12-22(13-11-21)34(30,31)28-16-14-27(15-17-28)19-24(29)26-25(23-9-6-18-33-23)20-7-4-3-5-8-20/h3-13,18,25H,2,14-17,19H2,1H3,(H,26,29). The highest BCUT2D eigenvalue weighted by Crippen LogP contribution is 2.26. The van der Waals surface area contributed by atoms with Crippen molar-refractivity contribution >= 4 is 27.3 Å². The van der Waals surface area contributed by atoms with Gasteiger partial charge in [-0.3, -0.25) is 9.69 Å². The zero-order valence-electron chi connectivity index (χ0n) is 19.1. The van der Waals surface area contributed by atoms with Gasteiger partial charge in [0.1, 0.15) is 5.75 Å². The lowest BCUT2D eigenvalue weighted by Gasteiger charge is -2.33. The number of hydrogen-bond acceptors (Lipinski definition) is 6. The van der Waals surface area contributed by atoms with Gasteiger partial charge in [0.2, 0.25) is 15.9 Å². The van der Waals surface area contributed by atoms with E-state index in [4.69, 9.17) is 4.74 Å². The topological polar surface area (TPSA) is 79.0 Å². The number of thiophene rings is 1. The van der Waals surface area contributed by atoms with Gasteiger partial charge in [0.25, 0.3) is 0 Å². The van der Waals surface area contributed by atoms with Crippen molar-refractivity contribution < 1.29 is 17.9 Å². The smallest absolute Gasteiger partial charge is 0.243 e. The van der Waals surface area contributed by atoms with Crippen LogP contribution in [0.5, 0.6) is 5.75 Å². The zero-order valence-corrected chi connectivity index (χ0v) is 20.7. The summed E-state index contributed by atoms with van der Waals surface area (Å²) in [5.41, 5.74) is 1.03. The molecule has 9 heteroatoms. The average molecular weight is 500 g/mol. The second-order valence-electron chi connectivity index (χ2n) is 8.01. The molecule has 1 aliphatic rings. The number of carbonyl (C=O) groups excluding carboxylic acids is 1. The first kappa shape index (κ1) is 24.4. The monoisotopic (exact) mass is 499 g/mol. The van der Waals surface area contributed by atoms with E-state index in [-0.39, 0.29) is 23.4 Å². The summed E-state index contributed by atoms with van der Waals surface area (Å²) in [6, 6.07) is 20.2. The number of nitrogens with zero attached hydrogens (tertiary/aromatic N) is 2. The van der Waals surface area contributed by atoms with Gasteiger partial charge in [0.15, 0.2) is 0 Å². The van der Waals surface area contributed by atoms with Crippen LogP contribution in [0.4, 0.5) is 0 Å². The number of carbonyl (C=O) groups is 1. The first-order valence-corrected chi connectivity index (χ1v) is 13.6.